The molecule has 0 spiro atoms. The molecule has 5 heteroatoms. The predicted octanol–water partition coefficient (Wildman–Crippen LogP) is 4.92. The van der Waals surface area contributed by atoms with E-state index in [-0.39, 0.29) is 12.4 Å². The fourth-order valence-corrected chi connectivity index (χ4v) is 3.10. The number of hydrogen-bond acceptors (Lipinski definition) is 4. The zero-order valence-electron chi connectivity index (χ0n) is 12.7. The van der Waals surface area contributed by atoms with Crippen LogP contribution in [0, 0.1) is 13.8 Å². The van der Waals surface area contributed by atoms with Gasteiger partial charge in [-0.15, -0.1) is 12.4 Å². The van der Waals surface area contributed by atoms with Crippen LogP contribution < -0.4 is 4.74 Å². The van der Waals surface area contributed by atoms with Crippen molar-refractivity contribution in [3.05, 3.63) is 54.0 Å². The second kappa shape index (κ2) is 6.90. The molecule has 0 saturated heterocycles. The highest BCUT2D eigenvalue weighted by Gasteiger charge is 2.13. The highest BCUT2D eigenvalue weighted by Crippen LogP contribution is 2.38. The summed E-state index contributed by atoms with van der Waals surface area (Å²) in [5, 5.41) is 0. The van der Waals surface area contributed by atoms with Gasteiger partial charge in [0.2, 0.25) is 0 Å². The Labute approximate surface area is 140 Å². The van der Waals surface area contributed by atoms with E-state index >= 15 is 0 Å². The minimum Gasteiger partial charge on any atom is -0.496 e. The highest BCUT2D eigenvalue weighted by molar-refractivity contribution is 7.10. The Morgan fingerprint density at radius 3 is 2.59 bits per heavy atom. The van der Waals surface area contributed by atoms with Gasteiger partial charge in [0.1, 0.15) is 5.75 Å². The van der Waals surface area contributed by atoms with E-state index in [1.54, 1.807) is 13.3 Å². The maximum absolute atomic E-state index is 5.48. The maximum Gasteiger partial charge on any atom is 0.122 e. The molecule has 0 aliphatic rings. The Morgan fingerprint density at radius 1 is 1.09 bits per heavy atom. The lowest BCUT2D eigenvalue weighted by molar-refractivity contribution is 0.411. The van der Waals surface area contributed by atoms with Crippen molar-refractivity contribution in [1.82, 2.24) is 9.36 Å². The first-order valence-corrected chi connectivity index (χ1v) is 7.48. The van der Waals surface area contributed by atoms with Crippen LogP contribution in [-0.4, -0.2) is 16.5 Å². The largest absolute Gasteiger partial charge is 0.496 e. The number of halogens is 1. The average molecular weight is 333 g/mol. The summed E-state index contributed by atoms with van der Waals surface area (Å²) in [5.41, 5.74) is 5.72. The topological polar surface area (TPSA) is 35.0 Å². The van der Waals surface area contributed by atoms with Crippen LogP contribution in [0.4, 0.5) is 0 Å². The Kier molecular flexibility index (Phi) is 5.16. The predicted molar refractivity (Wildman–Crippen MR) is 94.1 cm³/mol. The van der Waals surface area contributed by atoms with Gasteiger partial charge in [-0.25, -0.2) is 0 Å². The molecule has 0 fully saturated rings. The molecule has 114 valence electrons. The molecule has 2 heterocycles. The summed E-state index contributed by atoms with van der Waals surface area (Å²) in [4.78, 5) is 5.34. The van der Waals surface area contributed by atoms with E-state index in [4.69, 9.17) is 4.74 Å². The quantitative estimate of drug-likeness (QED) is 0.683. The summed E-state index contributed by atoms with van der Waals surface area (Å²) in [5.74, 6) is 0.913. The Hall–Kier alpha value is -1.91. The zero-order valence-corrected chi connectivity index (χ0v) is 14.3. The third kappa shape index (κ3) is 2.98. The van der Waals surface area contributed by atoms with Gasteiger partial charge in [0.05, 0.1) is 12.0 Å². The van der Waals surface area contributed by atoms with Gasteiger partial charge in [-0.2, -0.15) is 4.37 Å². The number of hydrogen-bond donors (Lipinski definition) is 0. The normalized spacial score (nSPS) is 10.1. The van der Waals surface area contributed by atoms with Crippen LogP contribution in [0.1, 0.15) is 11.1 Å². The van der Waals surface area contributed by atoms with Crippen molar-refractivity contribution in [3.8, 4) is 27.3 Å². The first-order chi connectivity index (χ1) is 10.2. The van der Waals surface area contributed by atoms with Crippen LogP contribution >= 0.6 is 23.9 Å². The van der Waals surface area contributed by atoms with Crippen molar-refractivity contribution in [3.63, 3.8) is 0 Å². The van der Waals surface area contributed by atoms with Gasteiger partial charge >= 0.3 is 0 Å². The lowest BCUT2D eigenvalue weighted by Gasteiger charge is -2.11. The van der Waals surface area contributed by atoms with Crippen LogP contribution in [0.2, 0.25) is 0 Å². The number of pyridine rings is 1. The summed E-state index contributed by atoms with van der Waals surface area (Å²) >= 11 is 1.50. The Morgan fingerprint density at radius 2 is 1.91 bits per heavy atom. The van der Waals surface area contributed by atoms with E-state index in [9.17, 15) is 0 Å². The van der Waals surface area contributed by atoms with Crippen molar-refractivity contribution in [2.24, 2.45) is 0 Å². The number of rotatable bonds is 3. The van der Waals surface area contributed by atoms with Crippen LogP contribution in [0.15, 0.2) is 42.9 Å². The van der Waals surface area contributed by atoms with Crippen molar-refractivity contribution >= 4 is 23.9 Å². The third-order valence-electron chi connectivity index (χ3n) is 3.64. The van der Waals surface area contributed by atoms with E-state index < -0.39 is 0 Å². The zero-order chi connectivity index (χ0) is 14.8. The molecule has 0 atom stereocenters. The molecule has 0 saturated carbocycles. The monoisotopic (exact) mass is 332 g/mol. The number of ether oxygens (including phenoxy) is 1. The second-order valence-electron chi connectivity index (χ2n) is 4.93. The van der Waals surface area contributed by atoms with Gasteiger partial charge in [-0.3, -0.25) is 4.98 Å². The second-order valence-corrected chi connectivity index (χ2v) is 5.73. The summed E-state index contributed by atoms with van der Waals surface area (Å²) < 4.78 is 9.84. The lowest BCUT2D eigenvalue weighted by Crippen LogP contribution is -1.91. The molecule has 0 N–H and O–H groups in total. The Balaban J connectivity index is 0.00000176. The molecule has 22 heavy (non-hydrogen) atoms. The highest BCUT2D eigenvalue weighted by atomic mass is 35.5. The number of aromatic nitrogens is 2. The summed E-state index contributed by atoms with van der Waals surface area (Å²) in [6.07, 6.45) is 5.55. The van der Waals surface area contributed by atoms with E-state index in [1.165, 1.54) is 22.7 Å². The van der Waals surface area contributed by atoms with Crippen LogP contribution in [0.25, 0.3) is 21.6 Å². The van der Waals surface area contributed by atoms with E-state index in [1.807, 2.05) is 18.5 Å². The molecule has 3 rings (SSSR count). The molecule has 0 aliphatic carbocycles. The van der Waals surface area contributed by atoms with Gasteiger partial charge in [0.25, 0.3) is 0 Å². The van der Waals surface area contributed by atoms with E-state index in [0.717, 1.165) is 27.3 Å². The van der Waals surface area contributed by atoms with Crippen LogP contribution in [0.3, 0.4) is 0 Å². The average Bonchev–Trinajstić information content (AvgIpc) is 3.00. The summed E-state index contributed by atoms with van der Waals surface area (Å²) in [6, 6.07) is 8.26. The van der Waals surface area contributed by atoms with Gasteiger partial charge in [0.15, 0.2) is 0 Å². The van der Waals surface area contributed by atoms with Crippen LogP contribution in [0.5, 0.6) is 5.75 Å². The minimum absolute atomic E-state index is 0. The van der Waals surface area contributed by atoms with Crippen LogP contribution in [-0.2, 0) is 0 Å². The van der Waals surface area contributed by atoms with Gasteiger partial charge in [-0.05, 0) is 54.2 Å². The molecular weight excluding hydrogens is 316 g/mol. The SMILES string of the molecule is COc1cc(-c2sncc2-c2cccnc2)cc(C)c1C.Cl. The first kappa shape index (κ1) is 16.5. The number of nitrogens with zero attached hydrogens (tertiary/aromatic N) is 2. The molecule has 3 aromatic rings. The maximum atomic E-state index is 5.48. The molecule has 0 amide bonds. The number of benzene rings is 1. The summed E-state index contributed by atoms with van der Waals surface area (Å²) in [6.45, 7) is 4.18. The first-order valence-electron chi connectivity index (χ1n) is 6.71. The van der Waals surface area contributed by atoms with Gasteiger partial charge in [0, 0.05) is 29.7 Å². The minimum atomic E-state index is 0. The molecule has 0 unspecified atom stereocenters. The van der Waals surface area contributed by atoms with Crippen molar-refractivity contribution in [1.29, 1.82) is 0 Å². The third-order valence-corrected chi connectivity index (χ3v) is 4.49. The number of aryl methyl sites for hydroxylation is 1. The van der Waals surface area contributed by atoms with Gasteiger partial charge < -0.3 is 4.74 Å². The summed E-state index contributed by atoms with van der Waals surface area (Å²) in [7, 11) is 1.71. The van der Waals surface area contributed by atoms with Crippen molar-refractivity contribution < 1.29 is 4.74 Å². The lowest BCUT2D eigenvalue weighted by atomic mass is 10.0. The Bertz CT molecular complexity index is 772. The number of methoxy groups -OCH3 is 1. The van der Waals surface area contributed by atoms with Crippen molar-refractivity contribution in [2.75, 3.05) is 7.11 Å². The standard InChI is InChI=1S/C17H16N2OS.ClH/c1-11-7-14(8-16(20-3)12(11)2)17-15(10-19-21-17)13-5-4-6-18-9-13;/h4-10H,1-3H3;1H. The molecule has 0 aliphatic heterocycles. The molecular formula is C17H17ClN2OS. The molecule has 2 aromatic heterocycles. The van der Waals surface area contributed by atoms with E-state index in [2.05, 4.69) is 41.4 Å². The molecule has 1 aromatic carbocycles. The van der Waals surface area contributed by atoms with Crippen molar-refractivity contribution in [2.45, 2.75) is 13.8 Å². The van der Waals surface area contributed by atoms with E-state index in [0.29, 0.717) is 0 Å². The molecule has 0 bridgehead atoms. The smallest absolute Gasteiger partial charge is 0.122 e. The molecule has 0 radical (unpaired) electrons. The van der Waals surface area contributed by atoms with Gasteiger partial charge in [-0.1, -0.05) is 12.1 Å². The fraction of sp³-hybridized carbons (Fsp3) is 0.176. The fourth-order valence-electron chi connectivity index (χ4n) is 2.35. The molecule has 3 nitrogen and oxygen atoms in total.